The lowest BCUT2D eigenvalue weighted by atomic mass is 9.93. The van der Waals surface area contributed by atoms with Gasteiger partial charge in [-0.25, -0.2) is 9.37 Å². The van der Waals surface area contributed by atoms with Crippen molar-refractivity contribution < 1.29 is 14.0 Å². The number of likely N-dealkylation sites (tertiary alicyclic amines) is 1. The number of benzene rings is 1. The summed E-state index contributed by atoms with van der Waals surface area (Å²) in [4.78, 5) is 35.8. The van der Waals surface area contributed by atoms with Crippen LogP contribution in [0, 0.1) is 5.82 Å². The molecule has 1 aromatic carbocycles. The maximum atomic E-state index is 13.0. The molecule has 1 saturated heterocycles. The number of hydrogen-bond donors (Lipinski definition) is 1. The summed E-state index contributed by atoms with van der Waals surface area (Å²) in [7, 11) is 0. The molecule has 31 heavy (non-hydrogen) atoms. The molecule has 1 fully saturated rings. The predicted molar refractivity (Wildman–Crippen MR) is 114 cm³/mol. The zero-order valence-electron chi connectivity index (χ0n) is 17.3. The minimum Gasteiger partial charge on any atom is -0.337 e. The summed E-state index contributed by atoms with van der Waals surface area (Å²) in [6.07, 6.45) is 6.66. The highest BCUT2D eigenvalue weighted by Gasteiger charge is 2.27. The molecule has 0 bridgehead atoms. The van der Waals surface area contributed by atoms with Crippen LogP contribution in [0.2, 0.25) is 0 Å². The summed E-state index contributed by atoms with van der Waals surface area (Å²) >= 11 is 0. The summed E-state index contributed by atoms with van der Waals surface area (Å²) < 4.78 is 14.9. The van der Waals surface area contributed by atoms with Crippen molar-refractivity contribution in [2.24, 2.45) is 0 Å². The van der Waals surface area contributed by atoms with E-state index >= 15 is 0 Å². The Kier molecular flexibility index (Phi) is 6.06. The van der Waals surface area contributed by atoms with Crippen LogP contribution < -0.4 is 5.32 Å². The lowest BCUT2D eigenvalue weighted by molar-refractivity contribution is 0.0695. The molecule has 1 unspecified atom stereocenters. The molecule has 7 nitrogen and oxygen atoms in total. The van der Waals surface area contributed by atoms with Crippen molar-refractivity contribution >= 4 is 17.5 Å². The highest BCUT2D eigenvalue weighted by atomic mass is 19.1. The second-order valence-electron chi connectivity index (χ2n) is 7.59. The minimum absolute atomic E-state index is 0.0145. The number of amides is 2. The highest BCUT2D eigenvalue weighted by molar-refractivity contribution is 6.04. The van der Waals surface area contributed by atoms with Crippen LogP contribution in [0.5, 0.6) is 0 Å². The van der Waals surface area contributed by atoms with Gasteiger partial charge in [-0.15, -0.1) is 0 Å². The molecule has 0 spiro atoms. The predicted octanol–water partition coefficient (Wildman–Crippen LogP) is 3.71. The van der Waals surface area contributed by atoms with Gasteiger partial charge >= 0.3 is 0 Å². The van der Waals surface area contributed by atoms with E-state index in [2.05, 4.69) is 15.3 Å². The molecular weight excluding hydrogens is 397 g/mol. The Labute approximate surface area is 179 Å². The Morgan fingerprint density at radius 2 is 1.97 bits per heavy atom. The van der Waals surface area contributed by atoms with Crippen LogP contribution >= 0.6 is 0 Å². The standard InChI is InChI=1S/C23H24FN5O2/c1-2-28-15-25-13-21(28)23(31)29-11-3-4-17(14-29)20-10-5-16(12-26-20)22(30)27-19-8-6-18(24)7-9-19/h5-10,12-13,15,17H,2-4,11,14H2,1H3,(H,27,30). The number of aryl methyl sites for hydroxylation is 1. The van der Waals surface area contributed by atoms with Crippen molar-refractivity contribution in [1.29, 1.82) is 0 Å². The molecule has 0 saturated carbocycles. The van der Waals surface area contributed by atoms with Crippen LogP contribution in [0.4, 0.5) is 10.1 Å². The quantitative estimate of drug-likeness (QED) is 0.681. The fourth-order valence-electron chi connectivity index (χ4n) is 3.83. The average Bonchev–Trinajstić information content (AvgIpc) is 3.29. The first-order valence-corrected chi connectivity index (χ1v) is 10.4. The molecule has 1 aliphatic heterocycles. The maximum absolute atomic E-state index is 13.0. The van der Waals surface area contributed by atoms with Gasteiger partial charge in [-0.05, 0) is 56.2 Å². The van der Waals surface area contributed by atoms with E-state index in [9.17, 15) is 14.0 Å². The number of imidazole rings is 1. The van der Waals surface area contributed by atoms with Crippen LogP contribution in [-0.2, 0) is 6.54 Å². The van der Waals surface area contributed by atoms with E-state index in [4.69, 9.17) is 0 Å². The SMILES string of the molecule is CCn1cncc1C(=O)N1CCCC(c2ccc(C(=O)Nc3ccc(F)cc3)cn2)C1. The Balaban J connectivity index is 1.42. The number of rotatable bonds is 5. The Morgan fingerprint density at radius 3 is 2.68 bits per heavy atom. The zero-order chi connectivity index (χ0) is 21.8. The third-order valence-corrected chi connectivity index (χ3v) is 5.55. The van der Waals surface area contributed by atoms with E-state index in [1.807, 2.05) is 22.5 Å². The van der Waals surface area contributed by atoms with Gasteiger partial charge in [0.1, 0.15) is 11.5 Å². The van der Waals surface area contributed by atoms with Crippen molar-refractivity contribution in [2.45, 2.75) is 32.2 Å². The second kappa shape index (κ2) is 9.07. The number of piperidine rings is 1. The van der Waals surface area contributed by atoms with Crippen LogP contribution in [0.15, 0.2) is 55.1 Å². The molecule has 160 valence electrons. The first-order chi connectivity index (χ1) is 15.0. The smallest absolute Gasteiger partial charge is 0.272 e. The number of anilines is 1. The largest absolute Gasteiger partial charge is 0.337 e. The number of nitrogens with one attached hydrogen (secondary N) is 1. The molecule has 1 atom stereocenters. The third-order valence-electron chi connectivity index (χ3n) is 5.55. The van der Waals surface area contributed by atoms with Crippen molar-refractivity contribution in [2.75, 3.05) is 18.4 Å². The third kappa shape index (κ3) is 4.63. The number of aromatic nitrogens is 3. The van der Waals surface area contributed by atoms with Crippen molar-refractivity contribution in [3.05, 3.63) is 77.9 Å². The van der Waals surface area contributed by atoms with Gasteiger partial charge < -0.3 is 14.8 Å². The Hall–Kier alpha value is -3.55. The Morgan fingerprint density at radius 1 is 1.16 bits per heavy atom. The number of hydrogen-bond acceptors (Lipinski definition) is 4. The molecule has 0 aliphatic carbocycles. The lowest BCUT2D eigenvalue weighted by Gasteiger charge is -2.32. The van der Waals surface area contributed by atoms with E-state index in [0.717, 1.165) is 18.5 Å². The van der Waals surface area contributed by atoms with Crippen LogP contribution in [0.25, 0.3) is 0 Å². The number of carbonyl (C=O) groups excluding carboxylic acids is 2. The fourth-order valence-corrected chi connectivity index (χ4v) is 3.83. The first-order valence-electron chi connectivity index (χ1n) is 10.4. The van der Waals surface area contributed by atoms with Gasteiger partial charge in [0.15, 0.2) is 0 Å². The topological polar surface area (TPSA) is 80.1 Å². The van der Waals surface area contributed by atoms with E-state index in [-0.39, 0.29) is 23.5 Å². The summed E-state index contributed by atoms with van der Waals surface area (Å²) in [5.41, 5.74) is 2.40. The van der Waals surface area contributed by atoms with Gasteiger partial charge in [0.2, 0.25) is 0 Å². The zero-order valence-corrected chi connectivity index (χ0v) is 17.3. The molecule has 4 rings (SSSR count). The fraction of sp³-hybridized carbons (Fsp3) is 0.304. The minimum atomic E-state index is -0.358. The molecule has 1 N–H and O–H groups in total. The molecule has 3 heterocycles. The van der Waals surface area contributed by atoms with Crippen molar-refractivity contribution in [1.82, 2.24) is 19.4 Å². The summed E-state index contributed by atoms with van der Waals surface area (Å²) in [5, 5.41) is 2.73. The molecular formula is C23H24FN5O2. The molecule has 1 aliphatic rings. The summed E-state index contributed by atoms with van der Waals surface area (Å²) in [5.74, 6) is -0.564. The number of pyridine rings is 1. The summed E-state index contributed by atoms with van der Waals surface area (Å²) in [6.45, 7) is 3.97. The Bertz CT molecular complexity index is 1060. The van der Waals surface area contributed by atoms with Crippen LogP contribution in [0.3, 0.4) is 0 Å². The van der Waals surface area contributed by atoms with Crippen LogP contribution in [0.1, 0.15) is 52.2 Å². The highest BCUT2D eigenvalue weighted by Crippen LogP contribution is 2.27. The van der Waals surface area contributed by atoms with E-state index in [1.54, 1.807) is 24.8 Å². The number of nitrogens with zero attached hydrogens (tertiary/aromatic N) is 4. The van der Waals surface area contributed by atoms with Gasteiger partial charge in [0.05, 0.1) is 18.1 Å². The van der Waals surface area contributed by atoms with E-state index < -0.39 is 0 Å². The molecule has 2 aromatic heterocycles. The van der Waals surface area contributed by atoms with Gasteiger partial charge in [-0.3, -0.25) is 14.6 Å². The molecule has 3 aromatic rings. The van der Waals surface area contributed by atoms with E-state index in [1.165, 1.54) is 24.3 Å². The van der Waals surface area contributed by atoms with Crippen molar-refractivity contribution in [3.63, 3.8) is 0 Å². The lowest BCUT2D eigenvalue weighted by Crippen LogP contribution is -2.40. The first kappa shape index (κ1) is 20.7. The van der Waals surface area contributed by atoms with Gasteiger partial charge in [-0.1, -0.05) is 0 Å². The molecule has 8 heteroatoms. The van der Waals surface area contributed by atoms with Gasteiger partial charge in [-0.2, -0.15) is 0 Å². The summed E-state index contributed by atoms with van der Waals surface area (Å²) in [6, 6.07) is 9.17. The normalized spacial score (nSPS) is 16.2. The van der Waals surface area contributed by atoms with Crippen LogP contribution in [-0.4, -0.2) is 44.3 Å². The maximum Gasteiger partial charge on any atom is 0.272 e. The molecule has 0 radical (unpaired) electrons. The second-order valence-corrected chi connectivity index (χ2v) is 7.59. The molecule has 2 amide bonds. The number of halogens is 1. The van der Waals surface area contributed by atoms with Gasteiger partial charge in [0, 0.05) is 43.1 Å². The van der Waals surface area contributed by atoms with E-state index in [0.29, 0.717) is 36.6 Å². The monoisotopic (exact) mass is 421 g/mol. The average molecular weight is 421 g/mol. The van der Waals surface area contributed by atoms with Gasteiger partial charge in [0.25, 0.3) is 11.8 Å². The number of carbonyl (C=O) groups is 2. The van der Waals surface area contributed by atoms with Crippen molar-refractivity contribution in [3.8, 4) is 0 Å².